The van der Waals surface area contributed by atoms with Gasteiger partial charge in [-0.3, -0.25) is 4.90 Å². The highest BCUT2D eigenvalue weighted by Crippen LogP contribution is 2.27. The molecular weight excluding hydrogens is 326 g/mol. The molecule has 1 aliphatic rings. The number of rotatable bonds is 5. The van der Waals surface area contributed by atoms with Crippen LogP contribution in [0.2, 0.25) is 5.02 Å². The molecule has 0 radical (unpaired) electrons. The second kappa shape index (κ2) is 7.73. The molecule has 1 saturated heterocycles. The molecule has 1 aromatic carbocycles. The first-order valence-corrected chi connectivity index (χ1v) is 8.38. The number of anilines is 1. The van der Waals surface area contributed by atoms with Crippen molar-refractivity contribution in [1.29, 1.82) is 0 Å². The highest BCUT2D eigenvalue weighted by atomic mass is 35.5. The molecule has 0 amide bonds. The standard InChI is InChI=1S/C18H22ClN3O2/c1-23-15-5-6-17(24-2)14(12-15)13-21-8-10-22(11-9-21)18-16(19)4-3-7-20-18/h3-7,12H,8-11,13H2,1-2H3. The normalized spacial score (nSPS) is 15.4. The lowest BCUT2D eigenvalue weighted by molar-refractivity contribution is 0.245. The van der Waals surface area contributed by atoms with E-state index in [0.717, 1.165) is 55.6 Å². The second-order valence-corrected chi connectivity index (χ2v) is 6.16. The summed E-state index contributed by atoms with van der Waals surface area (Å²) in [6.07, 6.45) is 1.79. The number of benzene rings is 1. The van der Waals surface area contributed by atoms with Crippen LogP contribution in [0, 0.1) is 0 Å². The lowest BCUT2D eigenvalue weighted by atomic mass is 10.1. The Hall–Kier alpha value is -1.98. The fourth-order valence-electron chi connectivity index (χ4n) is 2.97. The average Bonchev–Trinajstić information content (AvgIpc) is 2.63. The van der Waals surface area contributed by atoms with Gasteiger partial charge in [-0.15, -0.1) is 0 Å². The Morgan fingerprint density at radius 3 is 2.54 bits per heavy atom. The lowest BCUT2D eigenvalue weighted by Gasteiger charge is -2.35. The van der Waals surface area contributed by atoms with Gasteiger partial charge in [0.1, 0.15) is 17.3 Å². The van der Waals surface area contributed by atoms with Gasteiger partial charge < -0.3 is 14.4 Å². The zero-order chi connectivity index (χ0) is 16.9. The van der Waals surface area contributed by atoms with E-state index in [0.29, 0.717) is 5.02 Å². The Morgan fingerprint density at radius 2 is 1.88 bits per heavy atom. The molecule has 3 rings (SSSR count). The van der Waals surface area contributed by atoms with Gasteiger partial charge in [0.25, 0.3) is 0 Å². The van der Waals surface area contributed by atoms with Crippen molar-refractivity contribution in [2.45, 2.75) is 6.54 Å². The number of hydrogen-bond donors (Lipinski definition) is 0. The van der Waals surface area contributed by atoms with E-state index in [4.69, 9.17) is 21.1 Å². The van der Waals surface area contributed by atoms with E-state index >= 15 is 0 Å². The molecule has 0 N–H and O–H groups in total. The third-order valence-corrected chi connectivity index (χ3v) is 4.59. The minimum absolute atomic E-state index is 0.709. The van der Waals surface area contributed by atoms with E-state index in [1.54, 1.807) is 20.4 Å². The van der Waals surface area contributed by atoms with E-state index in [2.05, 4.69) is 14.8 Å². The van der Waals surface area contributed by atoms with Gasteiger partial charge in [0.2, 0.25) is 0 Å². The van der Waals surface area contributed by atoms with Gasteiger partial charge in [0.15, 0.2) is 0 Å². The van der Waals surface area contributed by atoms with Crippen molar-refractivity contribution in [2.24, 2.45) is 0 Å². The van der Waals surface area contributed by atoms with Crippen molar-refractivity contribution in [3.05, 3.63) is 47.1 Å². The van der Waals surface area contributed by atoms with Crippen molar-refractivity contribution in [3.63, 3.8) is 0 Å². The average molecular weight is 348 g/mol. The molecule has 0 aliphatic carbocycles. The van der Waals surface area contributed by atoms with Gasteiger partial charge in [-0.05, 0) is 30.3 Å². The maximum absolute atomic E-state index is 6.25. The summed E-state index contributed by atoms with van der Waals surface area (Å²) in [6.45, 7) is 4.55. The van der Waals surface area contributed by atoms with E-state index in [1.807, 2.05) is 30.3 Å². The highest BCUT2D eigenvalue weighted by Gasteiger charge is 2.20. The predicted octanol–water partition coefficient (Wildman–Crippen LogP) is 3.07. The van der Waals surface area contributed by atoms with Crippen LogP contribution in [0.4, 0.5) is 5.82 Å². The smallest absolute Gasteiger partial charge is 0.147 e. The highest BCUT2D eigenvalue weighted by molar-refractivity contribution is 6.32. The molecule has 2 heterocycles. The lowest BCUT2D eigenvalue weighted by Crippen LogP contribution is -2.46. The minimum Gasteiger partial charge on any atom is -0.497 e. The Morgan fingerprint density at radius 1 is 1.08 bits per heavy atom. The molecule has 0 spiro atoms. The van der Waals surface area contributed by atoms with E-state index in [9.17, 15) is 0 Å². The minimum atomic E-state index is 0.709. The third kappa shape index (κ3) is 3.74. The third-order valence-electron chi connectivity index (χ3n) is 4.29. The van der Waals surface area contributed by atoms with Gasteiger partial charge in [0.05, 0.1) is 19.2 Å². The number of hydrogen-bond acceptors (Lipinski definition) is 5. The zero-order valence-corrected chi connectivity index (χ0v) is 14.8. The molecule has 0 bridgehead atoms. The molecule has 0 atom stereocenters. The largest absolute Gasteiger partial charge is 0.497 e. The van der Waals surface area contributed by atoms with Crippen molar-refractivity contribution < 1.29 is 9.47 Å². The maximum atomic E-state index is 6.25. The molecule has 5 nitrogen and oxygen atoms in total. The second-order valence-electron chi connectivity index (χ2n) is 5.75. The summed E-state index contributed by atoms with van der Waals surface area (Å²) in [7, 11) is 3.38. The number of halogens is 1. The van der Waals surface area contributed by atoms with E-state index < -0.39 is 0 Å². The molecular formula is C18H22ClN3O2. The predicted molar refractivity (Wildman–Crippen MR) is 96.3 cm³/mol. The summed E-state index contributed by atoms with van der Waals surface area (Å²) in [4.78, 5) is 9.05. The van der Waals surface area contributed by atoms with Crippen LogP contribution in [0.15, 0.2) is 36.5 Å². The van der Waals surface area contributed by atoms with Crippen LogP contribution in [0.5, 0.6) is 11.5 Å². The van der Waals surface area contributed by atoms with Crippen molar-refractivity contribution >= 4 is 17.4 Å². The summed E-state index contributed by atoms with van der Waals surface area (Å²) < 4.78 is 10.8. The van der Waals surface area contributed by atoms with Crippen LogP contribution in [0.25, 0.3) is 0 Å². The molecule has 1 aromatic heterocycles. The Balaban J connectivity index is 1.64. The molecule has 128 valence electrons. The number of nitrogens with zero attached hydrogens (tertiary/aromatic N) is 3. The first-order chi connectivity index (χ1) is 11.7. The maximum Gasteiger partial charge on any atom is 0.147 e. The van der Waals surface area contributed by atoms with E-state index in [-0.39, 0.29) is 0 Å². The van der Waals surface area contributed by atoms with Gasteiger partial charge >= 0.3 is 0 Å². The zero-order valence-electron chi connectivity index (χ0n) is 14.0. The summed E-state index contributed by atoms with van der Waals surface area (Å²) in [6, 6.07) is 9.66. The first-order valence-electron chi connectivity index (χ1n) is 8.00. The molecule has 0 saturated carbocycles. The van der Waals surface area contributed by atoms with E-state index in [1.165, 1.54) is 0 Å². The van der Waals surface area contributed by atoms with Gasteiger partial charge in [-0.1, -0.05) is 11.6 Å². The van der Waals surface area contributed by atoms with Crippen LogP contribution < -0.4 is 14.4 Å². The Labute approximate surface area is 147 Å². The fraction of sp³-hybridized carbons (Fsp3) is 0.389. The van der Waals surface area contributed by atoms with Crippen LogP contribution in [-0.4, -0.2) is 50.3 Å². The number of ether oxygens (including phenoxy) is 2. The van der Waals surface area contributed by atoms with Crippen LogP contribution in [0.1, 0.15) is 5.56 Å². The van der Waals surface area contributed by atoms with Gasteiger partial charge in [0, 0.05) is 44.5 Å². The number of piperazine rings is 1. The van der Waals surface area contributed by atoms with Crippen molar-refractivity contribution in [2.75, 3.05) is 45.3 Å². The molecule has 2 aromatic rings. The molecule has 1 aliphatic heterocycles. The summed E-state index contributed by atoms with van der Waals surface area (Å²) in [5.41, 5.74) is 1.14. The molecule has 0 unspecified atom stereocenters. The first kappa shape index (κ1) is 16.9. The Kier molecular flexibility index (Phi) is 5.43. The summed E-state index contributed by atoms with van der Waals surface area (Å²) in [5.74, 6) is 2.62. The number of pyridine rings is 1. The van der Waals surface area contributed by atoms with Crippen LogP contribution in [-0.2, 0) is 6.54 Å². The molecule has 24 heavy (non-hydrogen) atoms. The Bertz CT molecular complexity index is 688. The van der Waals surface area contributed by atoms with Crippen LogP contribution >= 0.6 is 11.6 Å². The SMILES string of the molecule is COc1ccc(OC)c(CN2CCN(c3ncccc3Cl)CC2)c1. The van der Waals surface area contributed by atoms with Crippen molar-refractivity contribution in [1.82, 2.24) is 9.88 Å². The van der Waals surface area contributed by atoms with Gasteiger partial charge in [-0.2, -0.15) is 0 Å². The fourth-order valence-corrected chi connectivity index (χ4v) is 3.22. The topological polar surface area (TPSA) is 37.8 Å². The summed E-state index contributed by atoms with van der Waals surface area (Å²) >= 11 is 6.25. The number of aromatic nitrogens is 1. The quantitative estimate of drug-likeness (QED) is 0.831. The van der Waals surface area contributed by atoms with Crippen molar-refractivity contribution in [3.8, 4) is 11.5 Å². The summed E-state index contributed by atoms with van der Waals surface area (Å²) in [5, 5.41) is 0.709. The number of methoxy groups -OCH3 is 2. The van der Waals surface area contributed by atoms with Gasteiger partial charge in [-0.25, -0.2) is 4.98 Å². The monoisotopic (exact) mass is 347 g/mol. The van der Waals surface area contributed by atoms with Crippen LogP contribution in [0.3, 0.4) is 0 Å². The molecule has 1 fully saturated rings. The molecule has 6 heteroatoms.